The highest BCUT2D eigenvalue weighted by Gasteiger charge is 2.54. The van der Waals surface area contributed by atoms with Gasteiger partial charge in [0.1, 0.15) is 12.1 Å². The average Bonchev–Trinajstić information content (AvgIpc) is 3.29. The van der Waals surface area contributed by atoms with Crippen LogP contribution in [-0.4, -0.2) is 41.9 Å². The fraction of sp³-hybridized carbons (Fsp3) is 0.524. The first-order valence-electron chi connectivity index (χ1n) is 10.5. The Kier molecular flexibility index (Phi) is 5.90. The SMILES string of the molecule is O=C(CN1C(=O)N[C@]2(CCCc3sccc32)C1=O)NC(=O)NCCC1=CCCCC1. The number of rotatable bonds is 5. The maximum atomic E-state index is 13.1. The van der Waals surface area contributed by atoms with Crippen molar-refractivity contribution in [3.8, 4) is 0 Å². The number of imide groups is 2. The summed E-state index contributed by atoms with van der Waals surface area (Å²) in [5.41, 5.74) is 1.08. The Hall–Kier alpha value is -2.68. The maximum absolute atomic E-state index is 13.1. The fourth-order valence-corrected chi connectivity index (χ4v) is 5.51. The summed E-state index contributed by atoms with van der Waals surface area (Å²) >= 11 is 1.57. The molecule has 2 aliphatic carbocycles. The quantitative estimate of drug-likeness (QED) is 0.493. The first-order valence-corrected chi connectivity index (χ1v) is 11.3. The van der Waals surface area contributed by atoms with Gasteiger partial charge in [0.05, 0.1) is 0 Å². The first kappa shape index (κ1) is 20.6. The van der Waals surface area contributed by atoms with Gasteiger partial charge in [-0.3, -0.25) is 19.8 Å². The van der Waals surface area contributed by atoms with E-state index in [1.807, 2.05) is 11.4 Å². The molecule has 1 aromatic heterocycles. The van der Waals surface area contributed by atoms with Crippen LogP contribution in [0.15, 0.2) is 23.1 Å². The molecule has 0 aromatic carbocycles. The van der Waals surface area contributed by atoms with Crippen molar-refractivity contribution >= 4 is 35.2 Å². The lowest BCUT2D eigenvalue weighted by Gasteiger charge is -2.31. The molecular formula is C21H26N4O4S. The van der Waals surface area contributed by atoms with E-state index in [1.165, 1.54) is 18.4 Å². The monoisotopic (exact) mass is 430 g/mol. The summed E-state index contributed by atoms with van der Waals surface area (Å²) in [4.78, 5) is 51.8. The molecule has 1 fully saturated rings. The smallest absolute Gasteiger partial charge is 0.325 e. The average molecular weight is 431 g/mol. The zero-order valence-electron chi connectivity index (χ0n) is 16.8. The second kappa shape index (κ2) is 8.59. The highest BCUT2D eigenvalue weighted by atomic mass is 32.1. The van der Waals surface area contributed by atoms with E-state index in [1.54, 1.807) is 11.3 Å². The van der Waals surface area contributed by atoms with E-state index in [0.29, 0.717) is 13.0 Å². The minimum absolute atomic E-state index is 0.424. The third kappa shape index (κ3) is 3.98. The van der Waals surface area contributed by atoms with Gasteiger partial charge in [-0.25, -0.2) is 9.59 Å². The topological polar surface area (TPSA) is 108 Å². The molecule has 1 aromatic rings. The number of aryl methyl sites for hydroxylation is 1. The second-order valence-corrected chi connectivity index (χ2v) is 9.00. The number of carbonyl (C=O) groups excluding carboxylic acids is 4. The van der Waals surface area contributed by atoms with Crippen molar-refractivity contribution in [2.45, 2.75) is 56.9 Å². The Balaban J connectivity index is 1.30. The maximum Gasteiger partial charge on any atom is 0.325 e. The minimum Gasteiger partial charge on any atom is -0.337 e. The predicted molar refractivity (Wildman–Crippen MR) is 112 cm³/mol. The normalized spacial score (nSPS) is 23.1. The van der Waals surface area contributed by atoms with Crippen LogP contribution in [0, 0.1) is 0 Å². The molecule has 8 nitrogen and oxygen atoms in total. The largest absolute Gasteiger partial charge is 0.337 e. The van der Waals surface area contributed by atoms with Gasteiger partial charge in [0.2, 0.25) is 5.91 Å². The van der Waals surface area contributed by atoms with Crippen LogP contribution in [-0.2, 0) is 21.5 Å². The molecule has 0 unspecified atom stereocenters. The van der Waals surface area contributed by atoms with Crippen LogP contribution < -0.4 is 16.0 Å². The van der Waals surface area contributed by atoms with Gasteiger partial charge in [0.25, 0.3) is 5.91 Å². The lowest BCUT2D eigenvalue weighted by molar-refractivity contribution is -0.135. The van der Waals surface area contributed by atoms with Crippen molar-refractivity contribution in [2.75, 3.05) is 13.1 Å². The van der Waals surface area contributed by atoms with Gasteiger partial charge in [-0.2, -0.15) is 0 Å². The van der Waals surface area contributed by atoms with Crippen molar-refractivity contribution in [3.05, 3.63) is 33.5 Å². The van der Waals surface area contributed by atoms with Crippen LogP contribution in [0.4, 0.5) is 9.59 Å². The highest BCUT2D eigenvalue weighted by Crippen LogP contribution is 2.41. The van der Waals surface area contributed by atoms with E-state index in [4.69, 9.17) is 0 Å². The van der Waals surface area contributed by atoms with Crippen molar-refractivity contribution in [1.82, 2.24) is 20.9 Å². The first-order chi connectivity index (χ1) is 14.5. The molecule has 160 valence electrons. The molecule has 4 rings (SSSR count). The number of thiophene rings is 1. The summed E-state index contributed by atoms with van der Waals surface area (Å²) in [6.07, 6.45) is 9.69. The summed E-state index contributed by atoms with van der Waals surface area (Å²) in [6, 6.07) is 0.658. The summed E-state index contributed by atoms with van der Waals surface area (Å²) in [7, 11) is 0. The van der Waals surface area contributed by atoms with E-state index in [0.717, 1.165) is 47.4 Å². The Morgan fingerprint density at radius 1 is 1.20 bits per heavy atom. The number of urea groups is 2. The number of hydrogen-bond donors (Lipinski definition) is 3. The van der Waals surface area contributed by atoms with Crippen molar-refractivity contribution in [3.63, 3.8) is 0 Å². The molecule has 1 saturated heterocycles. The molecule has 6 amide bonds. The van der Waals surface area contributed by atoms with E-state index in [9.17, 15) is 19.2 Å². The lowest BCUT2D eigenvalue weighted by atomic mass is 9.80. The summed E-state index contributed by atoms with van der Waals surface area (Å²) in [6.45, 7) is -0.0391. The molecule has 2 heterocycles. The number of nitrogens with one attached hydrogen (secondary N) is 3. The van der Waals surface area contributed by atoms with E-state index in [2.05, 4.69) is 22.0 Å². The Morgan fingerprint density at radius 2 is 2.07 bits per heavy atom. The van der Waals surface area contributed by atoms with Gasteiger partial charge < -0.3 is 10.6 Å². The lowest BCUT2D eigenvalue weighted by Crippen LogP contribution is -2.48. The van der Waals surface area contributed by atoms with Gasteiger partial charge in [0.15, 0.2) is 0 Å². The molecule has 3 aliphatic rings. The molecule has 1 spiro atoms. The van der Waals surface area contributed by atoms with Gasteiger partial charge in [-0.1, -0.05) is 11.6 Å². The third-order valence-electron chi connectivity index (χ3n) is 6.01. The predicted octanol–water partition coefficient (Wildman–Crippen LogP) is 2.55. The Labute approximate surface area is 179 Å². The van der Waals surface area contributed by atoms with Crippen LogP contribution in [0.25, 0.3) is 0 Å². The van der Waals surface area contributed by atoms with Crippen LogP contribution in [0.3, 0.4) is 0 Å². The van der Waals surface area contributed by atoms with Crippen LogP contribution in [0.5, 0.6) is 0 Å². The fourth-order valence-electron chi connectivity index (χ4n) is 4.51. The molecular weight excluding hydrogens is 404 g/mol. The van der Waals surface area contributed by atoms with E-state index < -0.39 is 36.0 Å². The number of carbonyl (C=O) groups is 4. The van der Waals surface area contributed by atoms with E-state index >= 15 is 0 Å². The van der Waals surface area contributed by atoms with Gasteiger partial charge in [0, 0.05) is 17.0 Å². The zero-order valence-corrected chi connectivity index (χ0v) is 17.6. The standard InChI is InChI=1S/C21H26N4O4S/c26-17(23-19(28)22-11-8-14-5-2-1-3-6-14)13-25-18(27)21(24-20(25)29)10-4-7-16-15(21)9-12-30-16/h5,9,12H,1-4,6-8,10-11,13H2,(H,24,29)(H2,22,23,26,28)/t21-/m0/s1. The van der Waals surface area contributed by atoms with Gasteiger partial charge in [-0.05, 0) is 62.8 Å². The molecule has 30 heavy (non-hydrogen) atoms. The minimum atomic E-state index is -1.08. The molecule has 0 radical (unpaired) electrons. The van der Waals surface area contributed by atoms with Crippen molar-refractivity contribution in [1.29, 1.82) is 0 Å². The molecule has 0 saturated carbocycles. The van der Waals surface area contributed by atoms with E-state index in [-0.39, 0.29) is 0 Å². The molecule has 1 aliphatic heterocycles. The molecule has 1 atom stereocenters. The Morgan fingerprint density at radius 3 is 2.87 bits per heavy atom. The van der Waals surface area contributed by atoms with Crippen LogP contribution in [0.2, 0.25) is 0 Å². The van der Waals surface area contributed by atoms with Crippen molar-refractivity contribution < 1.29 is 19.2 Å². The van der Waals surface area contributed by atoms with Gasteiger partial charge >= 0.3 is 12.1 Å². The number of allylic oxidation sites excluding steroid dienone is 1. The second-order valence-electron chi connectivity index (χ2n) is 8.00. The molecule has 3 N–H and O–H groups in total. The summed E-state index contributed by atoms with van der Waals surface area (Å²) in [5, 5.41) is 9.59. The molecule has 0 bridgehead atoms. The van der Waals surface area contributed by atoms with Crippen molar-refractivity contribution in [2.24, 2.45) is 0 Å². The number of amides is 6. The van der Waals surface area contributed by atoms with Gasteiger partial charge in [-0.15, -0.1) is 11.3 Å². The highest BCUT2D eigenvalue weighted by molar-refractivity contribution is 7.10. The number of hydrogen-bond acceptors (Lipinski definition) is 5. The summed E-state index contributed by atoms with van der Waals surface area (Å²) in [5.74, 6) is -1.11. The number of fused-ring (bicyclic) bond motifs is 2. The Bertz CT molecular complexity index is 909. The zero-order chi connectivity index (χ0) is 21.1. The van der Waals surface area contributed by atoms with Crippen LogP contribution in [0.1, 0.15) is 55.4 Å². The third-order valence-corrected chi connectivity index (χ3v) is 6.99. The van der Waals surface area contributed by atoms with Crippen LogP contribution >= 0.6 is 11.3 Å². The number of nitrogens with zero attached hydrogens (tertiary/aromatic N) is 1. The summed E-state index contributed by atoms with van der Waals surface area (Å²) < 4.78 is 0. The molecule has 9 heteroatoms.